The van der Waals surface area contributed by atoms with E-state index in [1.807, 2.05) is 54.5 Å². The molecule has 4 rings (SSSR count). The van der Waals surface area contributed by atoms with Crippen molar-refractivity contribution in [2.75, 3.05) is 32.7 Å². The van der Waals surface area contributed by atoms with Gasteiger partial charge in [-0.1, -0.05) is 23.4 Å². The Hall–Kier alpha value is -3.06. The van der Waals surface area contributed by atoms with Crippen LogP contribution in [0.2, 0.25) is 0 Å². The van der Waals surface area contributed by atoms with Crippen molar-refractivity contribution in [3.05, 3.63) is 71.8 Å². The van der Waals surface area contributed by atoms with Gasteiger partial charge in [0.2, 0.25) is 5.91 Å². The molecule has 29 heavy (non-hydrogen) atoms. The minimum atomic E-state index is 0.127. The van der Waals surface area contributed by atoms with Crippen molar-refractivity contribution in [3.8, 4) is 5.69 Å². The fourth-order valence-corrected chi connectivity index (χ4v) is 3.65. The molecule has 7 nitrogen and oxygen atoms in total. The Labute approximate surface area is 171 Å². The Morgan fingerprint density at radius 1 is 1.00 bits per heavy atom. The summed E-state index contributed by atoms with van der Waals surface area (Å²) in [4.78, 5) is 21.2. The third kappa shape index (κ3) is 4.68. The molecule has 2 aromatic heterocycles. The lowest BCUT2D eigenvalue weighted by molar-refractivity contribution is -0.132. The molecule has 150 valence electrons. The fraction of sp³-hybridized carbons (Fsp3) is 0.364. The van der Waals surface area contributed by atoms with E-state index in [1.54, 1.807) is 4.68 Å². The van der Waals surface area contributed by atoms with Crippen LogP contribution >= 0.6 is 0 Å². The van der Waals surface area contributed by atoms with Crippen LogP contribution in [0, 0.1) is 6.92 Å². The molecule has 0 N–H and O–H groups in total. The van der Waals surface area contributed by atoms with E-state index >= 15 is 0 Å². The largest absolute Gasteiger partial charge is 0.340 e. The molecule has 0 radical (unpaired) electrons. The summed E-state index contributed by atoms with van der Waals surface area (Å²) in [6.45, 7) is 6.32. The number of piperazine rings is 1. The third-order valence-corrected chi connectivity index (χ3v) is 5.50. The second kappa shape index (κ2) is 8.96. The predicted octanol–water partition coefficient (Wildman–Crippen LogP) is 1.90. The molecule has 3 heterocycles. The van der Waals surface area contributed by atoms with Crippen molar-refractivity contribution in [1.29, 1.82) is 0 Å². The number of benzene rings is 1. The Balaban J connectivity index is 1.29. The maximum Gasteiger partial charge on any atom is 0.228 e. The Morgan fingerprint density at radius 2 is 1.72 bits per heavy atom. The van der Waals surface area contributed by atoms with Crippen molar-refractivity contribution in [1.82, 2.24) is 29.8 Å². The van der Waals surface area contributed by atoms with Crippen LogP contribution < -0.4 is 0 Å². The van der Waals surface area contributed by atoms with Crippen LogP contribution in [0.4, 0.5) is 0 Å². The van der Waals surface area contributed by atoms with Gasteiger partial charge in [0, 0.05) is 45.1 Å². The maximum absolute atomic E-state index is 12.8. The number of pyridine rings is 1. The molecule has 1 aliphatic heterocycles. The van der Waals surface area contributed by atoms with Crippen molar-refractivity contribution >= 4 is 5.91 Å². The molecule has 1 aromatic carbocycles. The molecule has 1 amide bonds. The standard InChI is InChI=1S/C22H26N6O/c1-18-21(24-25-28(18)20-5-3-2-4-6-20)17-22(29)27-15-13-26(14-16-27)12-9-19-7-10-23-11-8-19/h2-8,10-11H,9,12-17H2,1H3. The summed E-state index contributed by atoms with van der Waals surface area (Å²) in [5.74, 6) is 0.127. The number of carbonyl (C=O) groups excluding carboxylic acids is 1. The van der Waals surface area contributed by atoms with Crippen LogP contribution in [0.5, 0.6) is 0 Å². The van der Waals surface area contributed by atoms with Gasteiger partial charge >= 0.3 is 0 Å². The van der Waals surface area contributed by atoms with Crippen molar-refractivity contribution < 1.29 is 4.79 Å². The molecule has 0 spiro atoms. The van der Waals surface area contributed by atoms with Crippen molar-refractivity contribution in [2.45, 2.75) is 19.8 Å². The molecule has 0 bridgehead atoms. The Morgan fingerprint density at radius 3 is 2.45 bits per heavy atom. The van der Waals surface area contributed by atoms with E-state index in [2.05, 4.69) is 32.3 Å². The predicted molar refractivity (Wildman–Crippen MR) is 111 cm³/mol. The SMILES string of the molecule is Cc1c(CC(=O)N2CCN(CCc3ccncc3)CC2)nnn1-c1ccccc1. The van der Waals surface area contributed by atoms with E-state index < -0.39 is 0 Å². The van der Waals surface area contributed by atoms with Crippen LogP contribution in [-0.4, -0.2) is 68.4 Å². The van der Waals surface area contributed by atoms with E-state index in [0.717, 1.165) is 56.2 Å². The number of rotatable bonds is 6. The van der Waals surface area contributed by atoms with E-state index in [9.17, 15) is 4.79 Å². The highest BCUT2D eigenvalue weighted by molar-refractivity contribution is 5.78. The molecule has 0 atom stereocenters. The first-order valence-electron chi connectivity index (χ1n) is 10.1. The second-order valence-electron chi connectivity index (χ2n) is 7.37. The minimum absolute atomic E-state index is 0.127. The Bertz CT molecular complexity index is 932. The molecule has 1 saturated heterocycles. The summed E-state index contributed by atoms with van der Waals surface area (Å²) in [5, 5.41) is 8.49. The third-order valence-electron chi connectivity index (χ3n) is 5.50. The lowest BCUT2D eigenvalue weighted by atomic mass is 10.1. The molecular weight excluding hydrogens is 364 g/mol. The number of aromatic nitrogens is 4. The monoisotopic (exact) mass is 390 g/mol. The van der Waals surface area contributed by atoms with Gasteiger partial charge in [0.15, 0.2) is 0 Å². The number of hydrogen-bond donors (Lipinski definition) is 0. The molecule has 3 aromatic rings. The first-order chi connectivity index (χ1) is 14.2. The topological polar surface area (TPSA) is 67.2 Å². The van der Waals surface area contributed by atoms with Crippen LogP contribution in [0.1, 0.15) is 17.0 Å². The highest BCUT2D eigenvalue weighted by Crippen LogP contribution is 2.14. The number of nitrogens with zero attached hydrogens (tertiary/aromatic N) is 6. The van der Waals surface area contributed by atoms with Crippen molar-refractivity contribution in [3.63, 3.8) is 0 Å². The average molecular weight is 390 g/mol. The summed E-state index contributed by atoms with van der Waals surface area (Å²) < 4.78 is 1.79. The summed E-state index contributed by atoms with van der Waals surface area (Å²) in [6.07, 6.45) is 4.98. The zero-order valence-electron chi connectivity index (χ0n) is 16.7. The summed E-state index contributed by atoms with van der Waals surface area (Å²) in [5.41, 5.74) is 3.93. The van der Waals surface area contributed by atoms with Gasteiger partial charge in [0.1, 0.15) is 0 Å². The summed E-state index contributed by atoms with van der Waals surface area (Å²) in [7, 11) is 0. The van der Waals surface area contributed by atoms with Gasteiger partial charge in [-0.3, -0.25) is 14.7 Å². The van der Waals surface area contributed by atoms with Gasteiger partial charge in [0.05, 0.1) is 23.5 Å². The highest BCUT2D eigenvalue weighted by atomic mass is 16.2. The van der Waals surface area contributed by atoms with E-state index in [0.29, 0.717) is 6.42 Å². The first kappa shape index (κ1) is 19.3. The van der Waals surface area contributed by atoms with E-state index in [1.165, 1.54) is 5.56 Å². The summed E-state index contributed by atoms with van der Waals surface area (Å²) >= 11 is 0. The first-order valence-corrected chi connectivity index (χ1v) is 10.1. The van der Waals surface area contributed by atoms with Crippen molar-refractivity contribution in [2.24, 2.45) is 0 Å². The van der Waals surface area contributed by atoms with Gasteiger partial charge in [-0.2, -0.15) is 0 Å². The molecule has 1 aliphatic rings. The van der Waals surface area contributed by atoms with Crippen LogP contribution in [-0.2, 0) is 17.6 Å². The quantitative estimate of drug-likeness (QED) is 0.643. The van der Waals surface area contributed by atoms with Gasteiger partial charge in [0.25, 0.3) is 0 Å². The zero-order chi connectivity index (χ0) is 20.1. The molecule has 7 heteroatoms. The number of hydrogen-bond acceptors (Lipinski definition) is 5. The smallest absolute Gasteiger partial charge is 0.228 e. The van der Waals surface area contributed by atoms with Gasteiger partial charge < -0.3 is 4.90 Å². The Kier molecular flexibility index (Phi) is 5.95. The lowest BCUT2D eigenvalue weighted by Gasteiger charge is -2.34. The van der Waals surface area contributed by atoms with Crippen LogP contribution in [0.3, 0.4) is 0 Å². The zero-order valence-corrected chi connectivity index (χ0v) is 16.7. The van der Waals surface area contributed by atoms with Crippen LogP contribution in [0.15, 0.2) is 54.9 Å². The second-order valence-corrected chi connectivity index (χ2v) is 7.37. The van der Waals surface area contributed by atoms with Gasteiger partial charge in [-0.25, -0.2) is 4.68 Å². The molecule has 0 unspecified atom stereocenters. The molecule has 0 saturated carbocycles. The molecular formula is C22H26N6O. The number of carbonyl (C=O) groups is 1. The maximum atomic E-state index is 12.8. The highest BCUT2D eigenvalue weighted by Gasteiger charge is 2.23. The molecule has 0 aliphatic carbocycles. The van der Waals surface area contributed by atoms with Gasteiger partial charge in [-0.05, 0) is 43.2 Å². The van der Waals surface area contributed by atoms with Gasteiger partial charge in [-0.15, -0.1) is 5.10 Å². The number of para-hydroxylation sites is 1. The number of amides is 1. The normalized spacial score (nSPS) is 14.9. The van der Waals surface area contributed by atoms with E-state index in [-0.39, 0.29) is 5.91 Å². The summed E-state index contributed by atoms with van der Waals surface area (Å²) in [6, 6.07) is 14.0. The fourth-order valence-electron chi connectivity index (χ4n) is 3.65. The minimum Gasteiger partial charge on any atom is -0.340 e. The van der Waals surface area contributed by atoms with Crippen LogP contribution in [0.25, 0.3) is 5.69 Å². The molecule has 1 fully saturated rings. The van der Waals surface area contributed by atoms with E-state index in [4.69, 9.17) is 0 Å². The lowest BCUT2D eigenvalue weighted by Crippen LogP contribution is -2.49. The average Bonchev–Trinajstić information content (AvgIpc) is 3.14.